The molecule has 1 heterocycles. The summed E-state index contributed by atoms with van der Waals surface area (Å²) in [6.07, 6.45) is 1.81. The molecule has 0 spiro atoms. The van der Waals surface area contributed by atoms with E-state index in [9.17, 15) is 8.42 Å². The first kappa shape index (κ1) is 16.0. The molecule has 0 radical (unpaired) electrons. The lowest BCUT2D eigenvalue weighted by atomic mass is 10.4. The Morgan fingerprint density at radius 1 is 1.55 bits per heavy atom. The number of nitrogens with one attached hydrogen (secondary N) is 1. The molecule has 0 amide bonds. The Hall–Kier alpha value is -0.410. The molecule has 0 aromatic carbocycles. The fourth-order valence-electron chi connectivity index (χ4n) is 2.00. The molecule has 0 aliphatic heterocycles. The van der Waals surface area contributed by atoms with E-state index in [-0.39, 0.29) is 15.6 Å². The number of ether oxygens (including phenoxy) is 1. The number of nitrogens with zero attached hydrogens (tertiary/aromatic N) is 1. The maximum atomic E-state index is 12.7. The van der Waals surface area contributed by atoms with Crippen molar-refractivity contribution in [1.29, 1.82) is 0 Å². The van der Waals surface area contributed by atoms with Crippen LogP contribution in [0.1, 0.15) is 18.6 Å². The third-order valence-electron chi connectivity index (χ3n) is 3.11. The van der Waals surface area contributed by atoms with Crippen LogP contribution in [0.2, 0.25) is 0 Å². The molecule has 1 saturated carbocycles. The van der Waals surface area contributed by atoms with Crippen LogP contribution < -0.4 is 5.32 Å². The maximum absolute atomic E-state index is 12.7. The van der Waals surface area contributed by atoms with Gasteiger partial charge in [-0.15, -0.1) is 0 Å². The number of hydrogen-bond acceptors (Lipinski definition) is 5. The number of hydrogen-bond donors (Lipinski definition) is 1. The third kappa shape index (κ3) is 3.43. The lowest BCUT2D eigenvalue weighted by Gasteiger charge is -2.20. The topological polar surface area (TPSA) is 71.8 Å². The van der Waals surface area contributed by atoms with Crippen molar-refractivity contribution in [3.8, 4) is 0 Å². The van der Waals surface area contributed by atoms with Gasteiger partial charge in [0, 0.05) is 25.8 Å². The van der Waals surface area contributed by atoms with E-state index >= 15 is 0 Å². The summed E-state index contributed by atoms with van der Waals surface area (Å²) in [5.41, 5.74) is 0. The van der Waals surface area contributed by atoms with E-state index < -0.39 is 10.0 Å². The number of rotatable bonds is 8. The second kappa shape index (κ2) is 6.57. The zero-order chi connectivity index (χ0) is 14.8. The largest absolute Gasteiger partial charge is 0.452 e. The van der Waals surface area contributed by atoms with Gasteiger partial charge in [0.1, 0.15) is 10.7 Å². The van der Waals surface area contributed by atoms with Crippen molar-refractivity contribution in [2.75, 3.05) is 27.3 Å². The summed E-state index contributed by atoms with van der Waals surface area (Å²) in [5, 5.41) is 2.93. The Balaban J connectivity index is 2.27. The molecule has 0 saturated heterocycles. The Labute approximate surface area is 127 Å². The second-order valence-corrected chi connectivity index (χ2v) is 7.30. The van der Waals surface area contributed by atoms with E-state index in [4.69, 9.17) is 9.15 Å². The van der Waals surface area contributed by atoms with E-state index in [1.807, 2.05) is 0 Å². The van der Waals surface area contributed by atoms with Gasteiger partial charge in [0.05, 0.1) is 13.2 Å². The van der Waals surface area contributed by atoms with Gasteiger partial charge in [-0.3, -0.25) is 0 Å². The smallest absolute Gasteiger partial charge is 0.247 e. The number of methoxy groups -OCH3 is 1. The van der Waals surface area contributed by atoms with Crippen LogP contribution in [0.5, 0.6) is 0 Å². The van der Waals surface area contributed by atoms with Crippen LogP contribution >= 0.6 is 15.9 Å². The Morgan fingerprint density at radius 3 is 2.80 bits per heavy atom. The van der Waals surface area contributed by atoms with Gasteiger partial charge in [-0.1, -0.05) is 0 Å². The molecule has 114 valence electrons. The molecular weight excluding hydrogens is 348 g/mol. The highest BCUT2D eigenvalue weighted by Crippen LogP contribution is 2.35. The lowest BCUT2D eigenvalue weighted by molar-refractivity contribution is 0.177. The van der Waals surface area contributed by atoms with Crippen molar-refractivity contribution in [2.45, 2.75) is 30.3 Å². The van der Waals surface area contributed by atoms with Crippen molar-refractivity contribution in [2.24, 2.45) is 0 Å². The van der Waals surface area contributed by atoms with Crippen LogP contribution in [0.3, 0.4) is 0 Å². The molecule has 20 heavy (non-hydrogen) atoms. The van der Waals surface area contributed by atoms with Crippen LogP contribution in [-0.2, 0) is 21.3 Å². The summed E-state index contributed by atoms with van der Waals surface area (Å²) in [5.74, 6) is 0.584. The summed E-state index contributed by atoms with van der Waals surface area (Å²) in [6, 6.07) is 1.66. The Morgan fingerprint density at radius 2 is 2.25 bits per heavy atom. The number of halogens is 1. The molecule has 0 bridgehead atoms. The van der Waals surface area contributed by atoms with E-state index in [0.29, 0.717) is 25.5 Å². The number of sulfonamides is 1. The molecule has 0 unspecified atom stereocenters. The van der Waals surface area contributed by atoms with Gasteiger partial charge in [-0.2, -0.15) is 4.31 Å². The van der Waals surface area contributed by atoms with E-state index in [1.54, 1.807) is 20.2 Å². The minimum atomic E-state index is -3.55. The lowest BCUT2D eigenvalue weighted by Crippen LogP contribution is -2.35. The molecule has 1 aliphatic rings. The van der Waals surface area contributed by atoms with Crippen molar-refractivity contribution >= 4 is 26.0 Å². The second-order valence-electron chi connectivity index (χ2n) is 4.72. The Kier molecular flexibility index (Phi) is 5.25. The van der Waals surface area contributed by atoms with Crippen molar-refractivity contribution in [3.05, 3.63) is 16.5 Å². The van der Waals surface area contributed by atoms with Gasteiger partial charge in [-0.25, -0.2) is 8.42 Å². The van der Waals surface area contributed by atoms with Gasteiger partial charge in [0.25, 0.3) is 0 Å². The van der Waals surface area contributed by atoms with E-state index in [1.165, 1.54) is 4.31 Å². The van der Waals surface area contributed by atoms with Crippen molar-refractivity contribution in [1.82, 2.24) is 9.62 Å². The predicted octanol–water partition coefficient (Wildman–Crippen LogP) is 1.56. The van der Waals surface area contributed by atoms with Gasteiger partial charge in [0.15, 0.2) is 4.67 Å². The molecule has 1 aromatic rings. The first-order valence-corrected chi connectivity index (χ1v) is 8.67. The third-order valence-corrected chi connectivity index (χ3v) is 5.92. The van der Waals surface area contributed by atoms with Gasteiger partial charge < -0.3 is 14.5 Å². The minimum Gasteiger partial charge on any atom is -0.452 e. The first-order chi connectivity index (χ1) is 9.50. The van der Waals surface area contributed by atoms with E-state index in [2.05, 4.69) is 21.2 Å². The highest BCUT2D eigenvalue weighted by Gasteiger charge is 2.39. The molecular formula is C12H19BrN2O4S. The fraction of sp³-hybridized carbons (Fsp3) is 0.667. The monoisotopic (exact) mass is 366 g/mol. The highest BCUT2D eigenvalue weighted by molar-refractivity contribution is 9.10. The zero-order valence-electron chi connectivity index (χ0n) is 11.6. The average molecular weight is 367 g/mol. The number of furan rings is 1. The van der Waals surface area contributed by atoms with Crippen molar-refractivity contribution < 1.29 is 17.6 Å². The summed E-state index contributed by atoms with van der Waals surface area (Å²) >= 11 is 3.20. The van der Waals surface area contributed by atoms with Crippen LogP contribution in [0, 0.1) is 0 Å². The molecule has 0 atom stereocenters. The van der Waals surface area contributed by atoms with Gasteiger partial charge in [0.2, 0.25) is 10.0 Å². The van der Waals surface area contributed by atoms with Crippen LogP contribution in [-0.4, -0.2) is 46.1 Å². The fourth-order valence-corrected chi connectivity index (χ4v) is 4.64. The molecule has 8 heteroatoms. The zero-order valence-corrected chi connectivity index (χ0v) is 14.0. The van der Waals surface area contributed by atoms with Crippen LogP contribution in [0.25, 0.3) is 0 Å². The SMILES string of the molecule is CNCc1cc(S(=O)(=O)N(CCOC)C2CC2)c(Br)o1. The first-order valence-electron chi connectivity index (χ1n) is 6.44. The van der Waals surface area contributed by atoms with Gasteiger partial charge in [-0.05, 0) is 35.8 Å². The van der Waals surface area contributed by atoms with Crippen LogP contribution in [0.15, 0.2) is 20.0 Å². The molecule has 2 rings (SSSR count). The standard InChI is InChI=1S/C12H19BrN2O4S/c1-14-8-10-7-11(12(13)19-10)20(16,17)15(5-6-18-2)9-3-4-9/h7,9,14H,3-6,8H2,1-2H3. The van der Waals surface area contributed by atoms with Gasteiger partial charge >= 0.3 is 0 Å². The summed E-state index contributed by atoms with van der Waals surface area (Å²) in [4.78, 5) is 0.186. The Bertz CT molecular complexity index is 554. The van der Waals surface area contributed by atoms with Crippen molar-refractivity contribution in [3.63, 3.8) is 0 Å². The summed E-state index contributed by atoms with van der Waals surface area (Å²) < 4.78 is 37.6. The molecule has 1 aliphatic carbocycles. The highest BCUT2D eigenvalue weighted by atomic mass is 79.9. The molecule has 1 N–H and O–H groups in total. The molecule has 1 aromatic heterocycles. The maximum Gasteiger partial charge on any atom is 0.247 e. The van der Waals surface area contributed by atoms with E-state index in [0.717, 1.165) is 12.8 Å². The van der Waals surface area contributed by atoms with Crippen LogP contribution in [0.4, 0.5) is 0 Å². The minimum absolute atomic E-state index is 0.0877. The predicted molar refractivity (Wildman–Crippen MR) is 78.0 cm³/mol. The normalized spacial score (nSPS) is 16.0. The quantitative estimate of drug-likeness (QED) is 0.755. The summed E-state index contributed by atoms with van der Waals surface area (Å²) in [6.45, 7) is 1.23. The molecule has 6 nitrogen and oxygen atoms in total. The summed E-state index contributed by atoms with van der Waals surface area (Å²) in [7, 11) is -0.210. The molecule has 1 fully saturated rings. The average Bonchev–Trinajstić information content (AvgIpc) is 3.14.